The Balaban J connectivity index is 1.59. The number of amides is 2. The van der Waals surface area contributed by atoms with Crippen LogP contribution in [-0.4, -0.2) is 16.9 Å². The molecule has 0 atom stereocenters. The second-order valence-electron chi connectivity index (χ2n) is 5.97. The molecule has 142 valence electrons. The first-order chi connectivity index (χ1) is 13.5. The van der Waals surface area contributed by atoms with E-state index in [1.807, 2.05) is 12.1 Å². The van der Waals surface area contributed by atoms with E-state index < -0.39 is 0 Å². The predicted molar refractivity (Wildman–Crippen MR) is 113 cm³/mol. The van der Waals surface area contributed by atoms with E-state index in [1.165, 1.54) is 6.26 Å². The van der Waals surface area contributed by atoms with Gasteiger partial charge in [0, 0.05) is 16.9 Å². The van der Waals surface area contributed by atoms with E-state index in [2.05, 4.69) is 22.9 Å². The summed E-state index contributed by atoms with van der Waals surface area (Å²) in [4.78, 5) is 24.3. The molecule has 28 heavy (non-hydrogen) atoms. The summed E-state index contributed by atoms with van der Waals surface area (Å²) in [5.74, 6) is -0.425. The van der Waals surface area contributed by atoms with Gasteiger partial charge in [-0.1, -0.05) is 25.1 Å². The van der Waals surface area contributed by atoms with Crippen molar-refractivity contribution in [3.8, 4) is 0 Å². The van der Waals surface area contributed by atoms with Crippen molar-refractivity contribution in [1.29, 1.82) is 0 Å². The molecule has 0 aliphatic rings. The van der Waals surface area contributed by atoms with Gasteiger partial charge in [-0.15, -0.1) is 0 Å². The first kappa shape index (κ1) is 19.3. The second-order valence-corrected chi connectivity index (χ2v) is 6.38. The highest BCUT2D eigenvalue weighted by atomic mass is 32.1. The van der Waals surface area contributed by atoms with Crippen molar-refractivity contribution in [1.82, 2.24) is 5.32 Å². The monoisotopic (exact) mass is 393 g/mol. The van der Waals surface area contributed by atoms with Gasteiger partial charge in [-0.25, -0.2) is 0 Å². The molecule has 0 aliphatic carbocycles. The molecule has 0 radical (unpaired) electrons. The first-order valence-electron chi connectivity index (χ1n) is 8.71. The summed E-state index contributed by atoms with van der Waals surface area (Å²) >= 11 is 5.21. The van der Waals surface area contributed by atoms with Crippen molar-refractivity contribution in [2.24, 2.45) is 0 Å². The molecular formula is C21H19N3O3S. The van der Waals surface area contributed by atoms with Gasteiger partial charge in [0.05, 0.1) is 6.26 Å². The van der Waals surface area contributed by atoms with Crippen molar-refractivity contribution in [2.75, 3.05) is 10.6 Å². The molecule has 6 nitrogen and oxygen atoms in total. The van der Waals surface area contributed by atoms with E-state index >= 15 is 0 Å². The Kier molecular flexibility index (Phi) is 6.18. The van der Waals surface area contributed by atoms with Gasteiger partial charge >= 0.3 is 0 Å². The number of furan rings is 1. The Hall–Kier alpha value is -3.45. The zero-order valence-electron chi connectivity index (χ0n) is 15.2. The van der Waals surface area contributed by atoms with Crippen LogP contribution >= 0.6 is 12.2 Å². The van der Waals surface area contributed by atoms with Gasteiger partial charge in [0.1, 0.15) is 0 Å². The topological polar surface area (TPSA) is 83.4 Å². The quantitative estimate of drug-likeness (QED) is 0.565. The molecule has 0 fully saturated rings. The Morgan fingerprint density at radius 1 is 0.929 bits per heavy atom. The molecule has 0 aliphatic heterocycles. The normalized spacial score (nSPS) is 10.2. The minimum atomic E-state index is -0.353. The molecule has 1 aromatic heterocycles. The molecule has 7 heteroatoms. The van der Waals surface area contributed by atoms with E-state index in [9.17, 15) is 9.59 Å². The average Bonchev–Trinajstić information content (AvgIpc) is 3.23. The van der Waals surface area contributed by atoms with Gasteiger partial charge < -0.3 is 15.1 Å². The van der Waals surface area contributed by atoms with E-state index in [0.29, 0.717) is 16.9 Å². The third-order valence-corrected chi connectivity index (χ3v) is 4.18. The van der Waals surface area contributed by atoms with Crippen molar-refractivity contribution in [2.45, 2.75) is 13.3 Å². The van der Waals surface area contributed by atoms with Crippen LogP contribution < -0.4 is 16.0 Å². The molecule has 1 heterocycles. The van der Waals surface area contributed by atoms with Crippen LogP contribution in [0.15, 0.2) is 71.3 Å². The maximum absolute atomic E-state index is 12.3. The summed E-state index contributed by atoms with van der Waals surface area (Å²) in [6.45, 7) is 2.05. The van der Waals surface area contributed by atoms with Crippen LogP contribution in [0.25, 0.3) is 0 Å². The Morgan fingerprint density at radius 3 is 2.29 bits per heavy atom. The Bertz CT molecular complexity index is 982. The van der Waals surface area contributed by atoms with Crippen LogP contribution in [0.3, 0.4) is 0 Å². The highest BCUT2D eigenvalue weighted by molar-refractivity contribution is 7.80. The zero-order chi connectivity index (χ0) is 19.9. The smallest absolute Gasteiger partial charge is 0.291 e. The standard InChI is InChI=1S/C21H19N3O3S/c1-2-14-8-10-15(11-9-14)19(25)24-21(28)23-17-6-3-5-16(13-17)22-20(26)18-7-4-12-27-18/h3-13H,2H2,1H3,(H,22,26)(H2,23,24,25,28). The number of nitrogens with one attached hydrogen (secondary N) is 3. The van der Waals surface area contributed by atoms with Gasteiger partial charge in [0.15, 0.2) is 10.9 Å². The number of aryl methyl sites for hydroxylation is 1. The van der Waals surface area contributed by atoms with Crippen LogP contribution in [0.1, 0.15) is 33.4 Å². The fourth-order valence-electron chi connectivity index (χ4n) is 2.50. The van der Waals surface area contributed by atoms with Crippen LogP contribution in [0, 0.1) is 0 Å². The van der Waals surface area contributed by atoms with Gasteiger partial charge in [-0.05, 0) is 66.7 Å². The predicted octanol–water partition coefficient (Wildman–Crippen LogP) is 4.22. The van der Waals surface area contributed by atoms with E-state index in [-0.39, 0.29) is 22.7 Å². The molecule has 3 rings (SSSR count). The highest BCUT2D eigenvalue weighted by Crippen LogP contribution is 2.16. The van der Waals surface area contributed by atoms with Gasteiger partial charge in [0.2, 0.25) is 0 Å². The highest BCUT2D eigenvalue weighted by Gasteiger charge is 2.10. The third-order valence-electron chi connectivity index (χ3n) is 3.97. The molecule has 0 spiro atoms. The molecule has 0 saturated heterocycles. The minimum Gasteiger partial charge on any atom is -0.459 e. The second kappa shape index (κ2) is 8.96. The van der Waals surface area contributed by atoms with Crippen LogP contribution in [0.4, 0.5) is 11.4 Å². The summed E-state index contributed by atoms with van der Waals surface area (Å²) in [6, 6.07) is 17.6. The maximum Gasteiger partial charge on any atom is 0.291 e. The Morgan fingerprint density at radius 2 is 1.64 bits per heavy atom. The average molecular weight is 393 g/mol. The van der Waals surface area contributed by atoms with Gasteiger partial charge in [-0.3, -0.25) is 14.9 Å². The summed E-state index contributed by atoms with van der Waals surface area (Å²) in [6.07, 6.45) is 2.35. The summed E-state index contributed by atoms with van der Waals surface area (Å²) in [5, 5.41) is 8.48. The number of rotatable bonds is 5. The number of benzene rings is 2. The molecule has 0 saturated carbocycles. The van der Waals surface area contributed by atoms with Crippen molar-refractivity contribution >= 4 is 40.5 Å². The fourth-order valence-corrected chi connectivity index (χ4v) is 2.72. The molecule has 2 amide bonds. The van der Waals surface area contributed by atoms with E-state index in [0.717, 1.165) is 12.0 Å². The molecule has 3 aromatic rings. The molecule has 0 bridgehead atoms. The molecule has 3 N–H and O–H groups in total. The van der Waals surface area contributed by atoms with Crippen LogP contribution in [0.5, 0.6) is 0 Å². The SMILES string of the molecule is CCc1ccc(C(=O)NC(=S)Nc2cccc(NC(=O)c3ccco3)c2)cc1. The Labute approximate surface area is 167 Å². The number of hydrogen-bond donors (Lipinski definition) is 3. The number of carbonyl (C=O) groups excluding carboxylic acids is 2. The fraction of sp³-hybridized carbons (Fsp3) is 0.0952. The van der Waals surface area contributed by atoms with Gasteiger partial charge in [-0.2, -0.15) is 0 Å². The lowest BCUT2D eigenvalue weighted by molar-refractivity contribution is 0.0975. The minimum absolute atomic E-state index is 0.166. The summed E-state index contributed by atoms with van der Waals surface area (Å²) in [5.41, 5.74) is 2.88. The largest absolute Gasteiger partial charge is 0.459 e. The number of hydrogen-bond acceptors (Lipinski definition) is 4. The maximum atomic E-state index is 12.3. The van der Waals surface area contributed by atoms with E-state index in [4.69, 9.17) is 16.6 Å². The number of thiocarbonyl (C=S) groups is 1. The number of carbonyl (C=O) groups is 2. The first-order valence-corrected chi connectivity index (χ1v) is 9.12. The van der Waals surface area contributed by atoms with Crippen molar-refractivity contribution in [3.63, 3.8) is 0 Å². The lowest BCUT2D eigenvalue weighted by Crippen LogP contribution is -2.34. The zero-order valence-corrected chi connectivity index (χ0v) is 16.0. The van der Waals surface area contributed by atoms with Crippen molar-refractivity contribution < 1.29 is 14.0 Å². The lowest BCUT2D eigenvalue weighted by Gasteiger charge is -2.11. The van der Waals surface area contributed by atoms with Crippen LogP contribution in [0.2, 0.25) is 0 Å². The third kappa shape index (κ3) is 5.05. The van der Waals surface area contributed by atoms with Gasteiger partial charge in [0.25, 0.3) is 11.8 Å². The van der Waals surface area contributed by atoms with E-state index in [1.54, 1.807) is 48.5 Å². The molecular weight excluding hydrogens is 374 g/mol. The lowest BCUT2D eigenvalue weighted by atomic mass is 10.1. The van der Waals surface area contributed by atoms with Crippen LogP contribution in [-0.2, 0) is 6.42 Å². The van der Waals surface area contributed by atoms with Crippen molar-refractivity contribution in [3.05, 3.63) is 83.8 Å². The molecule has 2 aromatic carbocycles. The summed E-state index contributed by atoms with van der Waals surface area (Å²) in [7, 11) is 0. The molecule has 0 unspecified atom stereocenters. The number of anilines is 2. The summed E-state index contributed by atoms with van der Waals surface area (Å²) < 4.78 is 5.07.